The molecule has 1 aliphatic heterocycles. The molecule has 0 unspecified atom stereocenters. The minimum atomic E-state index is -1.06. The number of likely N-dealkylation sites (N-methyl/N-ethyl adjacent to an activating group) is 1. The molecule has 0 atom stereocenters. The van der Waals surface area contributed by atoms with Crippen LogP contribution in [0.2, 0.25) is 0 Å². The molecule has 0 saturated carbocycles. The molecule has 29 heavy (non-hydrogen) atoms. The molecule has 2 aromatic carbocycles. The molecule has 0 spiro atoms. The van der Waals surface area contributed by atoms with E-state index in [1.54, 1.807) is 49.5 Å². The van der Waals surface area contributed by atoms with Crippen molar-refractivity contribution in [3.8, 4) is 5.75 Å². The Morgan fingerprint density at radius 2 is 1.90 bits per heavy atom. The summed E-state index contributed by atoms with van der Waals surface area (Å²) in [4.78, 5) is 40.4. The first-order chi connectivity index (χ1) is 13.8. The number of carboxylic acids is 2. The van der Waals surface area contributed by atoms with E-state index >= 15 is 0 Å². The van der Waals surface area contributed by atoms with Gasteiger partial charge in [0.1, 0.15) is 5.75 Å². The molecule has 0 bridgehead atoms. The van der Waals surface area contributed by atoms with Gasteiger partial charge in [-0.15, -0.1) is 0 Å². The number of thioether (sulfide) groups is 1. The van der Waals surface area contributed by atoms with Crippen LogP contribution in [0.1, 0.15) is 15.9 Å². The predicted octanol–water partition coefficient (Wildman–Crippen LogP) is 3.08. The fourth-order valence-electron chi connectivity index (χ4n) is 2.43. The average Bonchev–Trinajstić information content (AvgIpc) is 2.95. The molecule has 2 aromatic rings. The van der Waals surface area contributed by atoms with Crippen LogP contribution in [-0.2, 0) is 9.59 Å². The van der Waals surface area contributed by atoms with Crippen molar-refractivity contribution in [2.24, 2.45) is 4.99 Å². The number of amides is 1. The Morgan fingerprint density at radius 3 is 2.55 bits per heavy atom. The van der Waals surface area contributed by atoms with Gasteiger partial charge in [0.15, 0.2) is 11.8 Å². The summed E-state index contributed by atoms with van der Waals surface area (Å²) in [6.45, 7) is -0.428. The predicted molar refractivity (Wildman–Crippen MR) is 108 cm³/mol. The molecule has 9 heteroatoms. The number of carbonyl (C=O) groups is 3. The first-order valence-corrected chi connectivity index (χ1v) is 9.19. The highest BCUT2D eigenvalue weighted by Gasteiger charge is 2.30. The number of aliphatic imine (C=N–C) groups is 1. The Labute approximate surface area is 170 Å². The van der Waals surface area contributed by atoms with Gasteiger partial charge in [-0.2, -0.15) is 0 Å². The molecule has 148 valence electrons. The summed E-state index contributed by atoms with van der Waals surface area (Å²) in [7, 11) is 1.60. The maximum Gasteiger partial charge on any atom is 0.341 e. The number of nitrogens with zero attached hydrogens (tertiary/aromatic N) is 2. The normalized spacial score (nSPS) is 16.4. The van der Waals surface area contributed by atoms with Gasteiger partial charge in [0.25, 0.3) is 5.91 Å². The number of benzene rings is 2. The lowest BCUT2D eigenvalue weighted by Gasteiger charge is -2.07. The molecular weight excluding hydrogens is 396 g/mol. The van der Waals surface area contributed by atoms with E-state index in [1.165, 1.54) is 28.8 Å². The zero-order valence-corrected chi connectivity index (χ0v) is 16.0. The lowest BCUT2D eigenvalue weighted by Crippen LogP contribution is -2.23. The van der Waals surface area contributed by atoms with Gasteiger partial charge in [0, 0.05) is 7.05 Å². The van der Waals surface area contributed by atoms with Crippen molar-refractivity contribution in [2.75, 3.05) is 13.7 Å². The van der Waals surface area contributed by atoms with E-state index in [0.717, 1.165) is 5.56 Å². The summed E-state index contributed by atoms with van der Waals surface area (Å²) in [6.07, 6.45) is 1.70. The van der Waals surface area contributed by atoms with Crippen molar-refractivity contribution in [3.05, 3.63) is 64.6 Å². The number of carbonyl (C=O) groups excluding carboxylic acids is 1. The highest BCUT2D eigenvalue weighted by molar-refractivity contribution is 8.18. The minimum Gasteiger partial charge on any atom is -0.482 e. The van der Waals surface area contributed by atoms with E-state index < -0.39 is 18.5 Å². The van der Waals surface area contributed by atoms with E-state index in [0.29, 0.717) is 21.5 Å². The van der Waals surface area contributed by atoms with Crippen molar-refractivity contribution in [2.45, 2.75) is 0 Å². The fraction of sp³-hybridized carbons (Fsp3) is 0.100. The summed E-state index contributed by atoms with van der Waals surface area (Å²) in [5.41, 5.74) is 1.30. The van der Waals surface area contributed by atoms with Gasteiger partial charge in [-0.05, 0) is 53.7 Å². The molecule has 1 fully saturated rings. The number of hydrogen-bond donors (Lipinski definition) is 2. The number of ether oxygens (including phenoxy) is 1. The van der Waals surface area contributed by atoms with E-state index in [9.17, 15) is 14.4 Å². The number of amidine groups is 1. The third kappa shape index (κ3) is 5.02. The first kappa shape index (κ1) is 20.2. The second-order valence-electron chi connectivity index (χ2n) is 5.98. The van der Waals surface area contributed by atoms with Crippen LogP contribution in [0.5, 0.6) is 5.75 Å². The minimum absolute atomic E-state index is 0.116. The average molecular weight is 412 g/mol. The van der Waals surface area contributed by atoms with Gasteiger partial charge in [0.05, 0.1) is 16.2 Å². The van der Waals surface area contributed by atoms with Gasteiger partial charge in [-0.25, -0.2) is 14.6 Å². The van der Waals surface area contributed by atoms with E-state index in [4.69, 9.17) is 14.9 Å². The molecule has 0 aliphatic carbocycles. The summed E-state index contributed by atoms with van der Waals surface area (Å²) < 4.78 is 5.08. The van der Waals surface area contributed by atoms with Crippen molar-refractivity contribution >= 4 is 46.5 Å². The third-order valence-corrected chi connectivity index (χ3v) is 4.92. The molecule has 1 heterocycles. The van der Waals surface area contributed by atoms with Gasteiger partial charge < -0.3 is 14.9 Å². The smallest absolute Gasteiger partial charge is 0.341 e. The quantitative estimate of drug-likeness (QED) is 0.700. The van der Waals surface area contributed by atoms with Crippen molar-refractivity contribution in [1.29, 1.82) is 0 Å². The molecule has 1 saturated heterocycles. The largest absolute Gasteiger partial charge is 0.482 e. The van der Waals surface area contributed by atoms with Crippen LogP contribution >= 0.6 is 11.8 Å². The van der Waals surface area contributed by atoms with Gasteiger partial charge >= 0.3 is 11.9 Å². The Balaban J connectivity index is 1.78. The lowest BCUT2D eigenvalue weighted by molar-refractivity contribution is -0.139. The van der Waals surface area contributed by atoms with Crippen molar-refractivity contribution in [1.82, 2.24) is 4.90 Å². The Kier molecular flexibility index (Phi) is 5.99. The molecule has 2 N–H and O–H groups in total. The molecule has 3 rings (SSSR count). The maximum atomic E-state index is 12.5. The highest BCUT2D eigenvalue weighted by atomic mass is 32.2. The van der Waals surface area contributed by atoms with Gasteiger partial charge in [0.2, 0.25) is 0 Å². The Morgan fingerprint density at radius 1 is 1.17 bits per heavy atom. The van der Waals surface area contributed by atoms with Crippen molar-refractivity contribution < 1.29 is 29.3 Å². The molecule has 8 nitrogen and oxygen atoms in total. The van der Waals surface area contributed by atoms with Crippen molar-refractivity contribution in [3.63, 3.8) is 0 Å². The van der Waals surface area contributed by atoms with Gasteiger partial charge in [-0.3, -0.25) is 9.69 Å². The van der Waals surface area contributed by atoms with E-state index in [1.807, 2.05) is 0 Å². The van der Waals surface area contributed by atoms with Crippen LogP contribution in [0.4, 0.5) is 5.69 Å². The first-order valence-electron chi connectivity index (χ1n) is 8.38. The van der Waals surface area contributed by atoms with Gasteiger partial charge in [-0.1, -0.05) is 18.2 Å². The van der Waals surface area contributed by atoms with Crippen LogP contribution in [0.3, 0.4) is 0 Å². The van der Waals surface area contributed by atoms with Crippen LogP contribution in [0, 0.1) is 0 Å². The molecule has 0 radical (unpaired) electrons. The number of hydrogen-bond acceptors (Lipinski definition) is 6. The van der Waals surface area contributed by atoms with E-state index in [-0.39, 0.29) is 11.5 Å². The number of carboxylic acid groups (broad SMARTS) is 2. The molecule has 1 amide bonds. The zero-order chi connectivity index (χ0) is 21.0. The summed E-state index contributed by atoms with van der Waals surface area (Å²) in [5.74, 6) is -1.92. The Bertz CT molecular complexity index is 1030. The monoisotopic (exact) mass is 412 g/mol. The Hall–Kier alpha value is -3.59. The standard InChI is InChI=1S/C20H16N2O6S/c1-22-18(25)16(9-12-5-7-15(8-6-12)28-11-17(23)24)29-20(22)21-14-4-2-3-13(10-14)19(26)27/h2-10H,11H2,1H3,(H,23,24)(H,26,27)/b16-9-,21-20?. The topological polar surface area (TPSA) is 117 Å². The van der Waals surface area contributed by atoms with E-state index in [2.05, 4.69) is 4.99 Å². The molecule has 0 aromatic heterocycles. The highest BCUT2D eigenvalue weighted by Crippen LogP contribution is 2.33. The molecular formula is C20H16N2O6S. The number of aliphatic carboxylic acids is 1. The zero-order valence-electron chi connectivity index (χ0n) is 15.2. The number of aromatic carboxylic acids is 1. The second-order valence-corrected chi connectivity index (χ2v) is 6.99. The third-order valence-electron chi connectivity index (χ3n) is 3.86. The summed E-state index contributed by atoms with van der Waals surface area (Å²) >= 11 is 1.18. The van der Waals surface area contributed by atoms with Crippen LogP contribution in [0.15, 0.2) is 58.4 Å². The maximum absolute atomic E-state index is 12.5. The van der Waals surface area contributed by atoms with Crippen LogP contribution in [0.25, 0.3) is 6.08 Å². The van der Waals surface area contributed by atoms with Crippen LogP contribution in [-0.4, -0.2) is 51.8 Å². The number of rotatable bonds is 6. The summed E-state index contributed by atoms with van der Waals surface area (Å²) in [6, 6.07) is 12.8. The summed E-state index contributed by atoms with van der Waals surface area (Å²) in [5, 5.41) is 18.1. The fourth-order valence-corrected chi connectivity index (χ4v) is 3.41. The van der Waals surface area contributed by atoms with Crippen LogP contribution < -0.4 is 4.74 Å². The second kappa shape index (κ2) is 8.61. The molecule has 1 aliphatic rings. The SMILES string of the molecule is CN1C(=O)/C(=C/c2ccc(OCC(=O)O)cc2)SC1=Nc1cccc(C(=O)O)c1. The lowest BCUT2D eigenvalue weighted by atomic mass is 10.2.